The van der Waals surface area contributed by atoms with Gasteiger partial charge in [0.15, 0.2) is 5.69 Å². The van der Waals surface area contributed by atoms with Crippen molar-refractivity contribution in [2.45, 2.75) is 13.3 Å². The minimum absolute atomic E-state index is 0.136. The van der Waals surface area contributed by atoms with Gasteiger partial charge in [-0.2, -0.15) is 0 Å². The van der Waals surface area contributed by atoms with E-state index < -0.39 is 5.97 Å². The molecule has 0 aliphatic heterocycles. The molecule has 0 unspecified atom stereocenters. The quantitative estimate of drug-likeness (QED) is 0.618. The van der Waals surface area contributed by atoms with Crippen LogP contribution in [0.3, 0.4) is 0 Å². The van der Waals surface area contributed by atoms with Crippen LogP contribution in [0, 0.1) is 5.41 Å². The van der Waals surface area contributed by atoms with E-state index in [-0.39, 0.29) is 16.9 Å². The van der Waals surface area contributed by atoms with Crippen LogP contribution in [0.5, 0.6) is 0 Å². The molecule has 1 rings (SSSR count). The largest absolute Gasteiger partial charge is 0.461 e. The average Bonchev–Trinajstić information content (AvgIpc) is 2.77. The van der Waals surface area contributed by atoms with Crippen molar-refractivity contribution in [2.24, 2.45) is 0 Å². The summed E-state index contributed by atoms with van der Waals surface area (Å²) in [4.78, 5) is 11.4. The maximum Gasteiger partial charge on any atom is 0.360 e. The van der Waals surface area contributed by atoms with Gasteiger partial charge in [-0.25, -0.2) is 4.79 Å². The second-order valence-corrected chi connectivity index (χ2v) is 4.14. The van der Waals surface area contributed by atoms with Crippen LogP contribution in [-0.2, 0) is 11.2 Å². The predicted octanol–water partition coefficient (Wildman–Crippen LogP) is 1.87. The van der Waals surface area contributed by atoms with Gasteiger partial charge in [0.05, 0.1) is 6.61 Å². The van der Waals surface area contributed by atoms with Crippen LogP contribution in [0.15, 0.2) is 22.4 Å². The molecule has 1 aromatic heterocycles. The van der Waals surface area contributed by atoms with E-state index in [1.165, 1.54) is 6.07 Å². The third kappa shape index (κ3) is 3.99. The fourth-order valence-corrected chi connectivity index (χ4v) is 1.51. The molecule has 0 aliphatic rings. The zero-order valence-electron chi connectivity index (χ0n) is 10.1. The zero-order chi connectivity index (χ0) is 13.5. The van der Waals surface area contributed by atoms with Crippen molar-refractivity contribution >= 4 is 26.5 Å². The first kappa shape index (κ1) is 14.4. The lowest BCUT2D eigenvalue weighted by molar-refractivity contribution is 0.0514. The van der Waals surface area contributed by atoms with Crippen LogP contribution in [0.2, 0.25) is 0 Å². The molecule has 0 aliphatic carbocycles. The number of rotatable bonds is 6. The number of nitrogens with one attached hydrogen (secondary N) is 2. The third-order valence-corrected chi connectivity index (χ3v) is 2.52. The van der Waals surface area contributed by atoms with E-state index in [0.717, 1.165) is 0 Å². The van der Waals surface area contributed by atoms with Gasteiger partial charge < -0.3 is 14.6 Å². The Kier molecular flexibility index (Phi) is 5.57. The molecule has 0 spiro atoms. The van der Waals surface area contributed by atoms with Gasteiger partial charge in [-0.1, -0.05) is 5.16 Å². The van der Waals surface area contributed by atoms with Crippen molar-refractivity contribution < 1.29 is 14.1 Å². The molecule has 6 nitrogen and oxygen atoms in total. The fourth-order valence-electron chi connectivity index (χ4n) is 1.25. The highest BCUT2D eigenvalue weighted by Gasteiger charge is 2.15. The lowest BCUT2D eigenvalue weighted by Gasteiger charge is -2.00. The molecule has 98 valence electrons. The number of aromatic nitrogens is 1. The highest BCUT2D eigenvalue weighted by Crippen LogP contribution is 2.13. The lowest BCUT2D eigenvalue weighted by Crippen LogP contribution is -2.05. The van der Waals surface area contributed by atoms with Crippen LogP contribution in [0.1, 0.15) is 23.2 Å². The molecule has 0 amide bonds. The van der Waals surface area contributed by atoms with Crippen LogP contribution in [0.25, 0.3) is 0 Å². The van der Waals surface area contributed by atoms with Gasteiger partial charge in [0.25, 0.3) is 0 Å². The number of carbonyl (C=O) groups excluding carboxylic acids is 1. The summed E-state index contributed by atoms with van der Waals surface area (Å²) < 4.78 is 10.1. The number of nitrogens with zero attached hydrogens (tertiary/aromatic N) is 1. The lowest BCUT2D eigenvalue weighted by atomic mass is 10.2. The molecule has 0 bridgehead atoms. The van der Waals surface area contributed by atoms with Gasteiger partial charge in [0, 0.05) is 31.3 Å². The second-order valence-electron chi connectivity index (χ2n) is 3.35. The van der Waals surface area contributed by atoms with Gasteiger partial charge in [-0.05, 0) is 22.9 Å². The number of allylic oxidation sites excluding steroid dienone is 1. The Balaban J connectivity index is 2.77. The smallest absolute Gasteiger partial charge is 0.360 e. The fraction of sp³-hybridized carbons (Fsp3) is 0.364. The maximum absolute atomic E-state index is 11.4. The molecule has 0 radical (unpaired) electrons. The van der Waals surface area contributed by atoms with Gasteiger partial charge in [-0.15, -0.1) is 0 Å². The van der Waals surface area contributed by atoms with E-state index in [0.29, 0.717) is 17.8 Å². The molecule has 18 heavy (non-hydrogen) atoms. The molecule has 7 heteroatoms. The van der Waals surface area contributed by atoms with E-state index >= 15 is 0 Å². The number of hydrogen-bond acceptors (Lipinski definition) is 6. The highest BCUT2D eigenvalue weighted by molar-refractivity contribution is 9.18. The zero-order valence-corrected chi connectivity index (χ0v) is 11.7. The average molecular weight is 316 g/mol. The number of esters is 1. The van der Waals surface area contributed by atoms with Crippen LogP contribution >= 0.6 is 15.9 Å². The topological polar surface area (TPSA) is 88.2 Å². The van der Waals surface area contributed by atoms with E-state index in [1.807, 2.05) is 0 Å². The van der Waals surface area contributed by atoms with Crippen molar-refractivity contribution in [3.63, 3.8) is 0 Å². The van der Waals surface area contributed by atoms with E-state index in [9.17, 15) is 4.79 Å². The molecule has 1 aromatic rings. The van der Waals surface area contributed by atoms with Crippen LogP contribution in [-0.4, -0.2) is 29.4 Å². The summed E-state index contributed by atoms with van der Waals surface area (Å²) in [6.07, 6.45) is 2.03. The molecule has 0 saturated carbocycles. The Morgan fingerprint density at radius 3 is 3.00 bits per heavy atom. The van der Waals surface area contributed by atoms with Crippen molar-refractivity contribution in [3.8, 4) is 0 Å². The van der Waals surface area contributed by atoms with Gasteiger partial charge in [0.1, 0.15) is 10.4 Å². The Hall–Kier alpha value is -1.63. The van der Waals surface area contributed by atoms with Crippen molar-refractivity contribution in [1.29, 1.82) is 5.41 Å². The summed E-state index contributed by atoms with van der Waals surface area (Å²) in [5.74, 6) is -0.0238. The second kappa shape index (κ2) is 6.95. The summed E-state index contributed by atoms with van der Waals surface area (Å²) in [6, 6.07) is 1.51. The SMILES string of the molecule is CCOC(=O)c1cc(C/C(=C/NC)C(=N)Br)on1. The number of halogens is 1. The van der Waals surface area contributed by atoms with Crippen LogP contribution in [0.4, 0.5) is 0 Å². The molecule has 0 atom stereocenters. The Morgan fingerprint density at radius 1 is 1.72 bits per heavy atom. The summed E-state index contributed by atoms with van der Waals surface area (Å²) in [5, 5.41) is 14.0. The predicted molar refractivity (Wildman–Crippen MR) is 70.0 cm³/mol. The monoisotopic (exact) mass is 315 g/mol. The Labute approximate surface area is 113 Å². The normalized spacial score (nSPS) is 11.2. The van der Waals surface area contributed by atoms with Gasteiger partial charge in [-0.3, -0.25) is 5.41 Å². The highest BCUT2D eigenvalue weighted by atomic mass is 79.9. The van der Waals surface area contributed by atoms with E-state index in [1.54, 1.807) is 20.2 Å². The standard InChI is InChI=1S/C11H14BrN3O3/c1-3-17-11(16)9-5-8(18-15-9)4-7(6-14-2)10(12)13/h5-6,13-14H,3-4H2,1-2H3/b7-6-,13-10?. The minimum atomic E-state index is -0.513. The molecular weight excluding hydrogens is 302 g/mol. The Bertz CT molecular complexity index is 468. The number of carbonyl (C=O) groups is 1. The van der Waals surface area contributed by atoms with E-state index in [4.69, 9.17) is 14.7 Å². The molecule has 1 heterocycles. The molecule has 0 fully saturated rings. The first-order chi connectivity index (χ1) is 8.58. The maximum atomic E-state index is 11.4. The van der Waals surface area contributed by atoms with Gasteiger partial charge in [0.2, 0.25) is 0 Å². The number of hydrogen-bond donors (Lipinski definition) is 2. The molecule has 0 aromatic carbocycles. The molecular formula is C11H14BrN3O3. The first-order valence-corrected chi connectivity index (χ1v) is 6.11. The summed E-state index contributed by atoms with van der Waals surface area (Å²) in [7, 11) is 1.74. The van der Waals surface area contributed by atoms with Crippen molar-refractivity contribution in [1.82, 2.24) is 10.5 Å². The summed E-state index contributed by atoms with van der Waals surface area (Å²) in [5.41, 5.74) is 0.820. The van der Waals surface area contributed by atoms with Crippen LogP contribution < -0.4 is 5.32 Å². The molecule has 2 N–H and O–H groups in total. The molecule has 0 saturated heterocycles. The van der Waals surface area contributed by atoms with Crippen molar-refractivity contribution in [3.05, 3.63) is 29.3 Å². The summed E-state index contributed by atoms with van der Waals surface area (Å²) in [6.45, 7) is 2.01. The van der Waals surface area contributed by atoms with Gasteiger partial charge >= 0.3 is 5.97 Å². The van der Waals surface area contributed by atoms with E-state index in [2.05, 4.69) is 26.4 Å². The van der Waals surface area contributed by atoms with Crippen molar-refractivity contribution in [2.75, 3.05) is 13.7 Å². The first-order valence-electron chi connectivity index (χ1n) is 5.32. The number of ether oxygens (including phenoxy) is 1. The minimum Gasteiger partial charge on any atom is -0.461 e. The Morgan fingerprint density at radius 2 is 2.44 bits per heavy atom. The third-order valence-electron chi connectivity index (χ3n) is 2.01. The summed E-state index contributed by atoms with van der Waals surface area (Å²) >= 11 is 3.08.